The first-order chi connectivity index (χ1) is 16.6. The number of anilines is 1. The van der Waals surface area contributed by atoms with Gasteiger partial charge in [-0.3, -0.25) is 4.79 Å². The van der Waals surface area contributed by atoms with Crippen molar-refractivity contribution in [3.63, 3.8) is 0 Å². The third-order valence-electron chi connectivity index (χ3n) is 4.76. The first kappa shape index (κ1) is 25.0. The molecule has 0 aliphatic carbocycles. The molecule has 0 radical (unpaired) electrons. The van der Waals surface area contributed by atoms with E-state index in [2.05, 4.69) is 5.32 Å². The van der Waals surface area contributed by atoms with Crippen molar-refractivity contribution in [1.82, 2.24) is 0 Å². The topological polar surface area (TPSA) is 143 Å². The Labute approximate surface area is 202 Å². The second-order valence-corrected chi connectivity index (χ2v) is 8.81. The summed E-state index contributed by atoms with van der Waals surface area (Å²) in [6, 6.07) is 17.7. The first-order valence-electron chi connectivity index (χ1n) is 10.1. The number of amides is 1. The van der Waals surface area contributed by atoms with Gasteiger partial charge in [0.15, 0.2) is 11.5 Å². The lowest BCUT2D eigenvalue weighted by Crippen LogP contribution is -2.13. The molecular weight excluding hydrogens is 472 g/mol. The number of aryl methyl sites for hydroxylation is 1. The molecule has 0 saturated heterocycles. The molecule has 35 heavy (non-hydrogen) atoms. The van der Waals surface area contributed by atoms with Crippen molar-refractivity contribution < 1.29 is 32.0 Å². The number of ether oxygens (including phenoxy) is 1. The summed E-state index contributed by atoms with van der Waals surface area (Å²) >= 11 is 0. The highest BCUT2D eigenvalue weighted by molar-refractivity contribution is 7.87. The van der Waals surface area contributed by atoms with Crippen LogP contribution in [-0.2, 0) is 14.9 Å². The normalized spacial score (nSPS) is 11.3. The standard InChI is InChI=1S/C25H20N2O7S/c1-16-3-10-21(11-4-16)35(31,32)34-22-12-5-17(14-23(22)33-2)13-19(15-26)24(28)27-20-8-6-18(7-9-20)25(29)30/h3-14H,1-2H3,(H,27,28)(H,29,30)/b19-13+. The molecule has 0 fully saturated rings. The molecule has 3 aromatic rings. The summed E-state index contributed by atoms with van der Waals surface area (Å²) in [6.07, 6.45) is 1.29. The number of carbonyl (C=O) groups is 2. The second kappa shape index (κ2) is 10.5. The molecule has 0 aliphatic heterocycles. The van der Waals surface area contributed by atoms with Gasteiger partial charge in [0.2, 0.25) is 0 Å². The van der Waals surface area contributed by atoms with Gasteiger partial charge < -0.3 is 19.3 Å². The van der Waals surface area contributed by atoms with Gasteiger partial charge in [-0.25, -0.2) is 4.79 Å². The van der Waals surface area contributed by atoms with Gasteiger partial charge in [0.05, 0.1) is 12.7 Å². The monoisotopic (exact) mass is 492 g/mol. The maximum Gasteiger partial charge on any atom is 0.339 e. The van der Waals surface area contributed by atoms with Gasteiger partial charge in [0.25, 0.3) is 5.91 Å². The molecule has 0 atom stereocenters. The zero-order valence-electron chi connectivity index (χ0n) is 18.7. The fourth-order valence-electron chi connectivity index (χ4n) is 2.92. The number of hydrogen-bond donors (Lipinski definition) is 2. The number of carboxylic acid groups (broad SMARTS) is 1. The number of methoxy groups -OCH3 is 1. The Morgan fingerprint density at radius 2 is 1.66 bits per heavy atom. The largest absolute Gasteiger partial charge is 0.493 e. The van der Waals surface area contributed by atoms with Gasteiger partial charge in [0, 0.05) is 5.69 Å². The minimum atomic E-state index is -4.11. The predicted octanol–water partition coefficient (Wildman–Crippen LogP) is 4.02. The van der Waals surface area contributed by atoms with Crippen molar-refractivity contribution in [3.8, 4) is 17.6 Å². The quantitative estimate of drug-likeness (QED) is 0.273. The van der Waals surface area contributed by atoms with Crippen molar-refractivity contribution in [3.05, 3.63) is 89.0 Å². The Bertz CT molecular complexity index is 1440. The van der Waals surface area contributed by atoms with Crippen LogP contribution in [0.25, 0.3) is 6.08 Å². The Kier molecular flexibility index (Phi) is 7.53. The average Bonchev–Trinajstić information content (AvgIpc) is 2.83. The van der Waals surface area contributed by atoms with Crippen molar-refractivity contribution >= 4 is 33.8 Å². The molecule has 9 nitrogen and oxygen atoms in total. The van der Waals surface area contributed by atoms with E-state index in [0.29, 0.717) is 11.3 Å². The minimum Gasteiger partial charge on any atom is -0.493 e. The van der Waals surface area contributed by atoms with Crippen LogP contribution in [0.5, 0.6) is 11.5 Å². The van der Waals surface area contributed by atoms with E-state index in [1.165, 1.54) is 67.8 Å². The number of aromatic carboxylic acids is 1. The lowest BCUT2D eigenvalue weighted by atomic mass is 10.1. The number of nitrogens with one attached hydrogen (secondary N) is 1. The fourth-order valence-corrected chi connectivity index (χ4v) is 3.86. The number of rotatable bonds is 8. The number of nitrogens with zero attached hydrogens (tertiary/aromatic N) is 1. The molecular formula is C25H20N2O7S. The lowest BCUT2D eigenvalue weighted by molar-refractivity contribution is -0.112. The third kappa shape index (κ3) is 6.25. The number of carbonyl (C=O) groups excluding carboxylic acids is 1. The van der Waals surface area contributed by atoms with Crippen molar-refractivity contribution in [2.45, 2.75) is 11.8 Å². The van der Waals surface area contributed by atoms with Gasteiger partial charge >= 0.3 is 16.1 Å². The molecule has 0 aliphatic rings. The summed E-state index contributed by atoms with van der Waals surface area (Å²) in [5.74, 6) is -1.80. The summed E-state index contributed by atoms with van der Waals surface area (Å²) in [5.41, 5.74) is 1.40. The second-order valence-electron chi connectivity index (χ2n) is 7.27. The summed E-state index contributed by atoms with van der Waals surface area (Å²) in [6.45, 7) is 1.83. The van der Waals surface area contributed by atoms with E-state index in [0.717, 1.165) is 5.56 Å². The Balaban J connectivity index is 1.81. The molecule has 3 aromatic carbocycles. The Morgan fingerprint density at radius 1 is 1.00 bits per heavy atom. The van der Waals surface area contributed by atoms with Crippen molar-refractivity contribution in [2.24, 2.45) is 0 Å². The molecule has 10 heteroatoms. The van der Waals surface area contributed by atoms with E-state index in [-0.39, 0.29) is 27.5 Å². The van der Waals surface area contributed by atoms with Crippen LogP contribution in [0.3, 0.4) is 0 Å². The molecule has 0 spiro atoms. The highest BCUT2D eigenvalue weighted by Crippen LogP contribution is 2.31. The van der Waals surface area contributed by atoms with Crippen LogP contribution in [0.15, 0.2) is 77.2 Å². The van der Waals surface area contributed by atoms with Crippen LogP contribution in [0.2, 0.25) is 0 Å². The zero-order chi connectivity index (χ0) is 25.6. The van der Waals surface area contributed by atoms with Gasteiger partial charge in [-0.05, 0) is 67.1 Å². The van der Waals surface area contributed by atoms with Crippen LogP contribution in [0.1, 0.15) is 21.5 Å². The lowest BCUT2D eigenvalue weighted by Gasteiger charge is -2.12. The molecule has 0 aromatic heterocycles. The van der Waals surface area contributed by atoms with Crippen LogP contribution < -0.4 is 14.2 Å². The van der Waals surface area contributed by atoms with E-state index in [9.17, 15) is 23.3 Å². The number of hydrogen-bond acceptors (Lipinski definition) is 7. The van der Waals surface area contributed by atoms with Crippen molar-refractivity contribution in [1.29, 1.82) is 5.26 Å². The highest BCUT2D eigenvalue weighted by Gasteiger charge is 2.19. The molecule has 0 bridgehead atoms. The first-order valence-corrected chi connectivity index (χ1v) is 11.5. The molecule has 1 amide bonds. The highest BCUT2D eigenvalue weighted by atomic mass is 32.2. The van der Waals surface area contributed by atoms with E-state index >= 15 is 0 Å². The average molecular weight is 493 g/mol. The summed E-state index contributed by atoms with van der Waals surface area (Å²) in [4.78, 5) is 23.4. The molecule has 0 saturated carbocycles. The van der Waals surface area contributed by atoms with E-state index in [4.69, 9.17) is 14.0 Å². The minimum absolute atomic E-state index is 0.0195. The van der Waals surface area contributed by atoms with E-state index < -0.39 is 22.0 Å². The van der Waals surface area contributed by atoms with Gasteiger partial charge in [-0.1, -0.05) is 23.8 Å². The maximum absolute atomic E-state index is 12.6. The number of carboxylic acids is 1. The molecule has 178 valence electrons. The van der Waals surface area contributed by atoms with Gasteiger partial charge in [-0.15, -0.1) is 0 Å². The maximum atomic E-state index is 12.6. The Hall–Kier alpha value is -4.62. The fraction of sp³-hybridized carbons (Fsp3) is 0.0800. The number of nitriles is 1. The summed E-state index contributed by atoms with van der Waals surface area (Å²) in [7, 11) is -2.78. The molecule has 0 heterocycles. The van der Waals surface area contributed by atoms with Crippen LogP contribution >= 0.6 is 0 Å². The Morgan fingerprint density at radius 3 is 2.23 bits per heavy atom. The van der Waals surface area contributed by atoms with Crippen LogP contribution in [0, 0.1) is 18.3 Å². The SMILES string of the molecule is COc1cc(/C=C(\C#N)C(=O)Nc2ccc(C(=O)O)cc2)ccc1OS(=O)(=O)c1ccc(C)cc1. The summed E-state index contributed by atoms with van der Waals surface area (Å²) in [5, 5.41) is 20.9. The van der Waals surface area contributed by atoms with Crippen LogP contribution in [0.4, 0.5) is 5.69 Å². The molecule has 2 N–H and O–H groups in total. The van der Waals surface area contributed by atoms with Gasteiger partial charge in [0.1, 0.15) is 16.5 Å². The summed E-state index contributed by atoms with van der Waals surface area (Å²) < 4.78 is 35.7. The number of benzene rings is 3. The predicted molar refractivity (Wildman–Crippen MR) is 128 cm³/mol. The van der Waals surface area contributed by atoms with Crippen LogP contribution in [-0.4, -0.2) is 32.5 Å². The zero-order valence-corrected chi connectivity index (χ0v) is 19.5. The van der Waals surface area contributed by atoms with E-state index in [1.54, 1.807) is 18.2 Å². The van der Waals surface area contributed by atoms with Gasteiger partial charge in [-0.2, -0.15) is 13.7 Å². The molecule has 3 rings (SSSR count). The third-order valence-corrected chi connectivity index (χ3v) is 6.01. The van der Waals surface area contributed by atoms with E-state index in [1.807, 2.05) is 6.92 Å². The smallest absolute Gasteiger partial charge is 0.339 e. The molecule has 0 unspecified atom stereocenters. The van der Waals surface area contributed by atoms with Crippen molar-refractivity contribution in [2.75, 3.05) is 12.4 Å².